The molecule has 1 unspecified atom stereocenters. The number of anilines is 1. The van der Waals surface area contributed by atoms with E-state index in [-0.39, 0.29) is 12.0 Å². The Balaban J connectivity index is 1.59. The van der Waals surface area contributed by atoms with Crippen LogP contribution in [-0.4, -0.2) is 35.4 Å². The van der Waals surface area contributed by atoms with Crippen molar-refractivity contribution in [3.8, 4) is 5.75 Å². The molecule has 1 fully saturated rings. The average molecular weight is 329 g/mol. The number of aromatic nitrogens is 2. The highest BCUT2D eigenvalue weighted by Gasteiger charge is 2.16. The average Bonchev–Trinajstić information content (AvgIpc) is 3.25. The Bertz CT molecular complexity index is 690. The smallest absolute Gasteiger partial charge is 0.276 e. The molecule has 6 nitrogen and oxygen atoms in total. The second-order valence-electron chi connectivity index (χ2n) is 6.29. The van der Waals surface area contributed by atoms with E-state index in [0.717, 1.165) is 25.1 Å². The molecule has 24 heavy (non-hydrogen) atoms. The van der Waals surface area contributed by atoms with E-state index >= 15 is 0 Å². The van der Waals surface area contributed by atoms with Gasteiger partial charge in [-0.05, 0) is 37.0 Å². The number of ether oxygens (including phenoxy) is 2. The monoisotopic (exact) mass is 329 g/mol. The summed E-state index contributed by atoms with van der Waals surface area (Å²) in [4.78, 5) is 12.3. The molecule has 0 bridgehead atoms. The SMILES string of the molecule is CC(C)c1cc(C(=O)Nc2cccc(OCC3CCCO3)c2)n[nH]1. The zero-order valence-corrected chi connectivity index (χ0v) is 14.0. The molecule has 0 radical (unpaired) electrons. The summed E-state index contributed by atoms with van der Waals surface area (Å²) < 4.78 is 11.3. The first-order valence-corrected chi connectivity index (χ1v) is 8.33. The molecule has 1 aromatic carbocycles. The van der Waals surface area contributed by atoms with Crippen molar-refractivity contribution in [2.75, 3.05) is 18.5 Å². The van der Waals surface area contributed by atoms with Gasteiger partial charge in [-0.3, -0.25) is 9.89 Å². The summed E-state index contributed by atoms with van der Waals surface area (Å²) in [7, 11) is 0. The van der Waals surface area contributed by atoms with E-state index < -0.39 is 0 Å². The number of hydrogen-bond acceptors (Lipinski definition) is 4. The van der Waals surface area contributed by atoms with Crippen LogP contribution in [0.3, 0.4) is 0 Å². The van der Waals surface area contributed by atoms with E-state index in [1.54, 1.807) is 6.07 Å². The summed E-state index contributed by atoms with van der Waals surface area (Å²) in [5, 5.41) is 9.79. The van der Waals surface area contributed by atoms with Crippen molar-refractivity contribution in [3.63, 3.8) is 0 Å². The molecule has 0 aliphatic carbocycles. The van der Waals surface area contributed by atoms with Crippen LogP contribution in [0.15, 0.2) is 30.3 Å². The van der Waals surface area contributed by atoms with E-state index in [1.165, 1.54) is 0 Å². The molecule has 1 aromatic heterocycles. The minimum absolute atomic E-state index is 0.168. The van der Waals surface area contributed by atoms with Gasteiger partial charge in [0.1, 0.15) is 12.4 Å². The Morgan fingerprint density at radius 2 is 2.33 bits per heavy atom. The topological polar surface area (TPSA) is 76.2 Å². The van der Waals surface area contributed by atoms with Crippen LogP contribution in [0.5, 0.6) is 5.75 Å². The van der Waals surface area contributed by atoms with Crippen LogP contribution >= 0.6 is 0 Å². The maximum atomic E-state index is 12.3. The zero-order chi connectivity index (χ0) is 16.9. The van der Waals surface area contributed by atoms with E-state index in [1.807, 2.05) is 38.1 Å². The molecule has 128 valence electrons. The van der Waals surface area contributed by atoms with Gasteiger partial charge in [-0.2, -0.15) is 5.10 Å². The van der Waals surface area contributed by atoms with Gasteiger partial charge in [0.2, 0.25) is 0 Å². The van der Waals surface area contributed by atoms with Crippen molar-refractivity contribution in [1.82, 2.24) is 10.2 Å². The predicted molar refractivity (Wildman–Crippen MR) is 91.5 cm³/mol. The van der Waals surface area contributed by atoms with Crippen LogP contribution in [0, 0.1) is 0 Å². The first kappa shape index (κ1) is 16.5. The third-order valence-electron chi connectivity index (χ3n) is 4.00. The largest absolute Gasteiger partial charge is 0.491 e. The van der Waals surface area contributed by atoms with Crippen molar-refractivity contribution in [3.05, 3.63) is 41.7 Å². The first-order chi connectivity index (χ1) is 11.6. The van der Waals surface area contributed by atoms with Gasteiger partial charge in [0.15, 0.2) is 5.69 Å². The van der Waals surface area contributed by atoms with Gasteiger partial charge >= 0.3 is 0 Å². The summed E-state index contributed by atoms with van der Waals surface area (Å²) >= 11 is 0. The zero-order valence-electron chi connectivity index (χ0n) is 14.0. The van der Waals surface area contributed by atoms with Crippen LogP contribution in [-0.2, 0) is 4.74 Å². The molecule has 2 aromatic rings. The molecule has 1 aliphatic rings. The molecule has 1 aliphatic heterocycles. The number of amides is 1. The highest BCUT2D eigenvalue weighted by molar-refractivity contribution is 6.03. The van der Waals surface area contributed by atoms with E-state index in [9.17, 15) is 4.79 Å². The van der Waals surface area contributed by atoms with Crippen LogP contribution in [0.25, 0.3) is 0 Å². The molecule has 2 heterocycles. The summed E-state index contributed by atoms with van der Waals surface area (Å²) in [6.07, 6.45) is 2.29. The normalized spacial score (nSPS) is 17.2. The summed E-state index contributed by atoms with van der Waals surface area (Å²) in [5.74, 6) is 0.774. The summed E-state index contributed by atoms with van der Waals surface area (Å²) in [5.41, 5.74) is 2.00. The standard InChI is InChI=1S/C18H23N3O3/c1-12(2)16-10-17(21-20-16)18(22)19-13-5-3-6-14(9-13)24-11-15-7-4-8-23-15/h3,5-6,9-10,12,15H,4,7-8,11H2,1-2H3,(H,19,22)(H,20,21). The number of benzene rings is 1. The maximum absolute atomic E-state index is 12.3. The molecule has 1 atom stereocenters. The van der Waals surface area contributed by atoms with Gasteiger partial charge in [0.25, 0.3) is 5.91 Å². The lowest BCUT2D eigenvalue weighted by Gasteiger charge is -2.12. The fraction of sp³-hybridized carbons (Fsp3) is 0.444. The van der Waals surface area contributed by atoms with E-state index in [0.29, 0.717) is 29.7 Å². The lowest BCUT2D eigenvalue weighted by Crippen LogP contribution is -2.16. The van der Waals surface area contributed by atoms with Crippen molar-refractivity contribution in [1.29, 1.82) is 0 Å². The molecule has 1 saturated heterocycles. The number of rotatable bonds is 6. The van der Waals surface area contributed by atoms with E-state index in [4.69, 9.17) is 9.47 Å². The van der Waals surface area contributed by atoms with Crippen molar-refractivity contribution >= 4 is 11.6 Å². The van der Waals surface area contributed by atoms with Gasteiger partial charge in [-0.15, -0.1) is 0 Å². The number of carbonyl (C=O) groups excluding carboxylic acids is 1. The Morgan fingerprint density at radius 3 is 3.04 bits per heavy atom. The molecule has 0 spiro atoms. The summed E-state index contributed by atoms with van der Waals surface area (Å²) in [6.45, 7) is 5.44. The molecule has 1 amide bonds. The first-order valence-electron chi connectivity index (χ1n) is 8.33. The van der Waals surface area contributed by atoms with Crippen molar-refractivity contribution in [2.24, 2.45) is 0 Å². The van der Waals surface area contributed by atoms with Crippen LogP contribution in [0.4, 0.5) is 5.69 Å². The van der Waals surface area contributed by atoms with Gasteiger partial charge in [-0.25, -0.2) is 0 Å². The molecule has 3 rings (SSSR count). The lowest BCUT2D eigenvalue weighted by atomic mass is 10.1. The number of nitrogens with zero attached hydrogens (tertiary/aromatic N) is 1. The molecular formula is C18H23N3O3. The number of carbonyl (C=O) groups is 1. The molecule has 2 N–H and O–H groups in total. The van der Waals surface area contributed by atoms with Crippen molar-refractivity contribution < 1.29 is 14.3 Å². The van der Waals surface area contributed by atoms with Gasteiger partial charge < -0.3 is 14.8 Å². The minimum Gasteiger partial charge on any atom is -0.491 e. The molecule has 0 saturated carbocycles. The lowest BCUT2D eigenvalue weighted by molar-refractivity contribution is 0.0680. The summed E-state index contributed by atoms with van der Waals surface area (Å²) in [6, 6.07) is 9.13. The fourth-order valence-corrected chi connectivity index (χ4v) is 2.57. The maximum Gasteiger partial charge on any atom is 0.276 e. The van der Waals surface area contributed by atoms with Crippen LogP contribution in [0.2, 0.25) is 0 Å². The number of aromatic amines is 1. The van der Waals surface area contributed by atoms with Crippen LogP contribution in [0.1, 0.15) is 48.8 Å². The fourth-order valence-electron chi connectivity index (χ4n) is 2.57. The highest BCUT2D eigenvalue weighted by Crippen LogP contribution is 2.20. The molecule has 6 heteroatoms. The number of nitrogens with one attached hydrogen (secondary N) is 2. The minimum atomic E-state index is -0.241. The Labute approximate surface area is 141 Å². The number of H-pyrrole nitrogens is 1. The quantitative estimate of drug-likeness (QED) is 0.852. The third kappa shape index (κ3) is 4.14. The van der Waals surface area contributed by atoms with E-state index in [2.05, 4.69) is 15.5 Å². The van der Waals surface area contributed by atoms with Gasteiger partial charge in [0.05, 0.1) is 6.10 Å². The van der Waals surface area contributed by atoms with Crippen molar-refractivity contribution in [2.45, 2.75) is 38.7 Å². The Morgan fingerprint density at radius 1 is 1.46 bits per heavy atom. The van der Waals surface area contributed by atoms with Gasteiger partial charge in [0, 0.05) is 24.1 Å². The highest BCUT2D eigenvalue weighted by atomic mass is 16.5. The third-order valence-corrected chi connectivity index (χ3v) is 4.00. The van der Waals surface area contributed by atoms with Gasteiger partial charge in [-0.1, -0.05) is 19.9 Å². The Kier molecular flexibility index (Phi) is 5.15. The predicted octanol–water partition coefficient (Wildman–Crippen LogP) is 3.34. The number of hydrogen-bond donors (Lipinski definition) is 2. The molecular weight excluding hydrogens is 306 g/mol. The Hall–Kier alpha value is -2.34. The second-order valence-corrected chi connectivity index (χ2v) is 6.29. The van der Waals surface area contributed by atoms with Crippen LogP contribution < -0.4 is 10.1 Å². The second kappa shape index (κ2) is 7.49.